The van der Waals surface area contributed by atoms with Gasteiger partial charge in [-0.15, -0.1) is 0 Å². The molecule has 0 bridgehead atoms. The fourth-order valence-electron chi connectivity index (χ4n) is 2.30. The van der Waals surface area contributed by atoms with Gasteiger partial charge >= 0.3 is 0 Å². The zero-order valence-corrected chi connectivity index (χ0v) is 14.1. The van der Waals surface area contributed by atoms with Crippen LogP contribution in [0.4, 0.5) is 15.8 Å². The molecule has 112 valence electrons. The van der Waals surface area contributed by atoms with E-state index in [1.165, 1.54) is 12.1 Å². The van der Waals surface area contributed by atoms with Crippen molar-refractivity contribution in [2.24, 2.45) is 0 Å². The van der Waals surface area contributed by atoms with Crippen LogP contribution in [0.25, 0.3) is 0 Å². The molecule has 0 heterocycles. The van der Waals surface area contributed by atoms with Gasteiger partial charge in [0.15, 0.2) is 0 Å². The summed E-state index contributed by atoms with van der Waals surface area (Å²) in [7, 11) is 4.05. The standard InChI is InChI=1S/C17H20BrFN2/c1-12(10-13-4-7-15(19)8-5-13)20-16-11-14(18)6-9-17(16)21(2)3/h4-9,11-12,20H,10H2,1-3H3. The summed E-state index contributed by atoms with van der Waals surface area (Å²) in [6.45, 7) is 2.13. The number of nitrogens with one attached hydrogen (secondary N) is 1. The van der Waals surface area contributed by atoms with E-state index in [1.807, 2.05) is 32.3 Å². The topological polar surface area (TPSA) is 15.3 Å². The molecule has 0 saturated carbocycles. The van der Waals surface area contributed by atoms with Gasteiger partial charge in [-0.2, -0.15) is 0 Å². The van der Waals surface area contributed by atoms with Crippen LogP contribution in [0.5, 0.6) is 0 Å². The van der Waals surface area contributed by atoms with E-state index < -0.39 is 0 Å². The third-order valence-corrected chi connectivity index (χ3v) is 3.79. The largest absolute Gasteiger partial charge is 0.381 e. The Bertz CT molecular complexity index is 596. The monoisotopic (exact) mass is 350 g/mol. The maximum absolute atomic E-state index is 12.9. The number of nitrogens with zero attached hydrogens (tertiary/aromatic N) is 1. The van der Waals surface area contributed by atoms with Gasteiger partial charge < -0.3 is 10.2 Å². The Labute approximate surface area is 134 Å². The van der Waals surface area contributed by atoms with Crippen LogP contribution < -0.4 is 10.2 Å². The van der Waals surface area contributed by atoms with E-state index in [-0.39, 0.29) is 11.9 Å². The molecule has 2 aromatic carbocycles. The smallest absolute Gasteiger partial charge is 0.123 e. The second kappa shape index (κ2) is 6.94. The summed E-state index contributed by atoms with van der Waals surface area (Å²) in [5.41, 5.74) is 3.35. The quantitative estimate of drug-likeness (QED) is 0.840. The number of benzene rings is 2. The molecule has 1 N–H and O–H groups in total. The molecule has 0 radical (unpaired) electrons. The van der Waals surface area contributed by atoms with Crippen LogP contribution >= 0.6 is 15.9 Å². The molecule has 0 saturated heterocycles. The van der Waals surface area contributed by atoms with Crippen molar-refractivity contribution in [2.75, 3.05) is 24.3 Å². The summed E-state index contributed by atoms with van der Waals surface area (Å²) in [6.07, 6.45) is 0.847. The van der Waals surface area contributed by atoms with Crippen molar-refractivity contribution in [2.45, 2.75) is 19.4 Å². The zero-order chi connectivity index (χ0) is 15.4. The minimum absolute atomic E-state index is 0.193. The first-order valence-corrected chi connectivity index (χ1v) is 7.73. The van der Waals surface area contributed by atoms with Gasteiger partial charge in [-0.1, -0.05) is 28.1 Å². The predicted octanol–water partition coefficient (Wildman–Crippen LogP) is 4.70. The normalized spacial score (nSPS) is 12.0. The van der Waals surface area contributed by atoms with Crippen LogP contribution in [0.3, 0.4) is 0 Å². The molecule has 2 aromatic rings. The summed E-state index contributed by atoms with van der Waals surface area (Å²) in [5, 5.41) is 3.53. The highest BCUT2D eigenvalue weighted by Gasteiger charge is 2.09. The molecule has 4 heteroatoms. The average Bonchev–Trinajstić information content (AvgIpc) is 2.41. The third-order valence-electron chi connectivity index (χ3n) is 3.30. The fourth-order valence-corrected chi connectivity index (χ4v) is 2.67. The van der Waals surface area contributed by atoms with E-state index in [4.69, 9.17) is 0 Å². The second-order valence-corrected chi connectivity index (χ2v) is 6.35. The summed E-state index contributed by atoms with van der Waals surface area (Å²) < 4.78 is 14.0. The zero-order valence-electron chi connectivity index (χ0n) is 12.5. The Morgan fingerprint density at radius 2 is 1.81 bits per heavy atom. The van der Waals surface area contributed by atoms with Crippen molar-refractivity contribution in [1.29, 1.82) is 0 Å². The summed E-state index contributed by atoms with van der Waals surface area (Å²) >= 11 is 3.51. The van der Waals surface area contributed by atoms with Crippen molar-refractivity contribution >= 4 is 27.3 Å². The highest BCUT2D eigenvalue weighted by atomic mass is 79.9. The first-order chi connectivity index (χ1) is 9.95. The van der Waals surface area contributed by atoms with Gasteiger partial charge in [-0.05, 0) is 49.2 Å². The van der Waals surface area contributed by atoms with Gasteiger partial charge in [-0.25, -0.2) is 4.39 Å². The lowest BCUT2D eigenvalue weighted by atomic mass is 10.1. The van der Waals surface area contributed by atoms with Gasteiger partial charge in [0.25, 0.3) is 0 Å². The first kappa shape index (κ1) is 15.8. The Morgan fingerprint density at radius 1 is 1.14 bits per heavy atom. The van der Waals surface area contributed by atoms with Gasteiger partial charge in [0.05, 0.1) is 11.4 Å². The highest BCUT2D eigenvalue weighted by Crippen LogP contribution is 2.28. The molecule has 0 aliphatic heterocycles. The van der Waals surface area contributed by atoms with E-state index in [9.17, 15) is 4.39 Å². The van der Waals surface area contributed by atoms with E-state index in [1.54, 1.807) is 0 Å². The lowest BCUT2D eigenvalue weighted by Gasteiger charge is -2.22. The van der Waals surface area contributed by atoms with E-state index in [0.717, 1.165) is 27.8 Å². The summed E-state index contributed by atoms with van der Waals surface area (Å²) in [4.78, 5) is 2.08. The summed E-state index contributed by atoms with van der Waals surface area (Å²) in [6, 6.07) is 13.1. The Kier molecular flexibility index (Phi) is 5.23. The van der Waals surface area contributed by atoms with Crippen molar-refractivity contribution in [3.05, 3.63) is 58.3 Å². The molecule has 0 aromatic heterocycles. The molecule has 2 nitrogen and oxygen atoms in total. The van der Waals surface area contributed by atoms with Crippen LogP contribution in [0.1, 0.15) is 12.5 Å². The molecular formula is C17H20BrFN2. The molecule has 2 rings (SSSR count). The van der Waals surface area contributed by atoms with Gasteiger partial charge in [0.2, 0.25) is 0 Å². The van der Waals surface area contributed by atoms with Crippen molar-refractivity contribution in [1.82, 2.24) is 0 Å². The fraction of sp³-hybridized carbons (Fsp3) is 0.294. The second-order valence-electron chi connectivity index (χ2n) is 5.43. The minimum Gasteiger partial charge on any atom is -0.381 e. The molecule has 0 fully saturated rings. The van der Waals surface area contributed by atoms with Crippen LogP contribution in [0, 0.1) is 5.82 Å². The number of hydrogen-bond acceptors (Lipinski definition) is 2. The number of anilines is 2. The number of halogens is 2. The molecular weight excluding hydrogens is 331 g/mol. The van der Waals surface area contributed by atoms with Crippen molar-refractivity contribution in [3.63, 3.8) is 0 Å². The van der Waals surface area contributed by atoms with E-state index >= 15 is 0 Å². The summed E-state index contributed by atoms with van der Waals surface area (Å²) in [5.74, 6) is -0.193. The van der Waals surface area contributed by atoms with Crippen molar-refractivity contribution < 1.29 is 4.39 Å². The minimum atomic E-state index is -0.193. The van der Waals surface area contributed by atoms with Gasteiger partial charge in [-0.3, -0.25) is 0 Å². The molecule has 21 heavy (non-hydrogen) atoms. The predicted molar refractivity (Wildman–Crippen MR) is 91.7 cm³/mol. The molecule has 0 aliphatic rings. The molecule has 0 spiro atoms. The number of hydrogen-bond donors (Lipinski definition) is 1. The first-order valence-electron chi connectivity index (χ1n) is 6.93. The molecule has 0 amide bonds. The van der Waals surface area contributed by atoms with E-state index in [0.29, 0.717) is 0 Å². The third kappa shape index (κ3) is 4.46. The maximum Gasteiger partial charge on any atom is 0.123 e. The lowest BCUT2D eigenvalue weighted by Crippen LogP contribution is -2.20. The number of rotatable bonds is 5. The molecule has 1 atom stereocenters. The van der Waals surface area contributed by atoms with Gasteiger partial charge in [0, 0.05) is 24.6 Å². The Morgan fingerprint density at radius 3 is 2.43 bits per heavy atom. The average molecular weight is 351 g/mol. The van der Waals surface area contributed by atoms with Crippen LogP contribution in [-0.2, 0) is 6.42 Å². The highest BCUT2D eigenvalue weighted by molar-refractivity contribution is 9.10. The maximum atomic E-state index is 12.9. The van der Waals surface area contributed by atoms with E-state index in [2.05, 4.69) is 45.2 Å². The van der Waals surface area contributed by atoms with Crippen LogP contribution in [0.2, 0.25) is 0 Å². The Hall–Kier alpha value is -1.55. The van der Waals surface area contributed by atoms with Crippen molar-refractivity contribution in [3.8, 4) is 0 Å². The van der Waals surface area contributed by atoms with Crippen LogP contribution in [0.15, 0.2) is 46.9 Å². The SMILES string of the molecule is CC(Cc1ccc(F)cc1)Nc1cc(Br)ccc1N(C)C. The lowest BCUT2D eigenvalue weighted by molar-refractivity contribution is 0.626. The van der Waals surface area contributed by atoms with Crippen LogP contribution in [-0.4, -0.2) is 20.1 Å². The Balaban J connectivity index is 2.10. The van der Waals surface area contributed by atoms with Gasteiger partial charge in [0.1, 0.15) is 5.82 Å². The molecule has 1 unspecified atom stereocenters. The molecule has 0 aliphatic carbocycles.